The first-order valence-electron chi connectivity index (χ1n) is 8.30. The normalized spacial score (nSPS) is 12.6. The summed E-state index contributed by atoms with van der Waals surface area (Å²) in [7, 11) is 0. The van der Waals surface area contributed by atoms with Crippen LogP contribution in [0, 0.1) is 18.8 Å². The number of aromatic nitrogens is 2. The van der Waals surface area contributed by atoms with Crippen LogP contribution in [0.4, 0.5) is 13.2 Å². The second-order valence-corrected chi connectivity index (χ2v) is 6.55. The van der Waals surface area contributed by atoms with E-state index < -0.39 is 13.1 Å². The van der Waals surface area contributed by atoms with Gasteiger partial charge in [0, 0.05) is 23.4 Å². The summed E-state index contributed by atoms with van der Waals surface area (Å²) < 4.78 is 45.4. The third-order valence-corrected chi connectivity index (χ3v) is 3.82. The molecular formula is C19H23F3N2O. The van der Waals surface area contributed by atoms with E-state index in [0.29, 0.717) is 23.6 Å². The Balaban J connectivity index is 2.21. The number of halogens is 3. The van der Waals surface area contributed by atoms with Crippen molar-refractivity contribution in [2.24, 2.45) is 11.8 Å². The van der Waals surface area contributed by atoms with Gasteiger partial charge in [0.2, 0.25) is 0 Å². The maximum Gasteiger partial charge on any atom is 0.267 e. The molecule has 0 spiro atoms. The Morgan fingerprint density at radius 1 is 1.16 bits per heavy atom. The number of pyridine rings is 2. The lowest BCUT2D eigenvalue weighted by atomic mass is 9.99. The molecule has 0 aromatic carbocycles. The minimum absolute atomic E-state index is 0.00624. The van der Waals surface area contributed by atoms with Gasteiger partial charge >= 0.3 is 0 Å². The largest absolute Gasteiger partial charge is 0.491 e. The van der Waals surface area contributed by atoms with Crippen molar-refractivity contribution in [2.75, 3.05) is 13.3 Å². The molecule has 0 saturated heterocycles. The van der Waals surface area contributed by atoms with E-state index in [2.05, 4.69) is 9.97 Å². The fraction of sp³-hybridized carbons (Fsp3) is 0.474. The quantitative estimate of drug-likeness (QED) is 0.638. The number of hydrogen-bond acceptors (Lipinski definition) is 3. The molecule has 136 valence electrons. The highest BCUT2D eigenvalue weighted by Crippen LogP contribution is 2.32. The first-order chi connectivity index (χ1) is 11.9. The zero-order valence-corrected chi connectivity index (χ0v) is 14.7. The van der Waals surface area contributed by atoms with Crippen molar-refractivity contribution in [3.8, 4) is 17.0 Å². The number of hydrogen-bond donors (Lipinski definition) is 0. The highest BCUT2D eigenvalue weighted by Gasteiger charge is 2.19. The van der Waals surface area contributed by atoms with Crippen LogP contribution in [0.1, 0.15) is 38.0 Å². The van der Waals surface area contributed by atoms with Crippen LogP contribution in [0.3, 0.4) is 0 Å². The molecule has 0 N–H and O–H groups in total. The molecule has 0 bridgehead atoms. The Hall–Kier alpha value is -2.11. The van der Waals surface area contributed by atoms with E-state index in [1.54, 1.807) is 18.3 Å². The number of alkyl halides is 3. The average molecular weight is 352 g/mol. The number of ether oxygens (including phenoxy) is 1. The second kappa shape index (κ2) is 8.83. The summed E-state index contributed by atoms with van der Waals surface area (Å²) in [4.78, 5) is 8.30. The lowest BCUT2D eigenvalue weighted by Crippen LogP contribution is -2.17. The van der Waals surface area contributed by atoms with Crippen LogP contribution in [-0.2, 0) is 0 Å². The molecule has 0 aliphatic rings. The van der Waals surface area contributed by atoms with Gasteiger partial charge in [0.05, 0.1) is 30.7 Å². The average Bonchev–Trinajstić information content (AvgIpc) is 2.58. The molecule has 0 saturated carbocycles. The predicted molar refractivity (Wildman–Crippen MR) is 91.6 cm³/mol. The van der Waals surface area contributed by atoms with Crippen molar-refractivity contribution < 1.29 is 17.9 Å². The maximum atomic E-state index is 13.4. The highest BCUT2D eigenvalue weighted by atomic mass is 19.3. The van der Waals surface area contributed by atoms with Gasteiger partial charge in [-0.2, -0.15) is 0 Å². The third-order valence-electron chi connectivity index (χ3n) is 3.82. The molecule has 25 heavy (non-hydrogen) atoms. The van der Waals surface area contributed by atoms with Gasteiger partial charge in [0.15, 0.2) is 0 Å². The van der Waals surface area contributed by atoms with Crippen LogP contribution >= 0.6 is 0 Å². The van der Waals surface area contributed by atoms with Gasteiger partial charge in [-0.3, -0.25) is 14.4 Å². The molecule has 2 heterocycles. The highest BCUT2D eigenvalue weighted by molar-refractivity contribution is 5.61. The van der Waals surface area contributed by atoms with Crippen molar-refractivity contribution in [3.05, 3.63) is 41.9 Å². The zero-order chi connectivity index (χ0) is 18.4. The van der Waals surface area contributed by atoms with E-state index in [-0.39, 0.29) is 23.8 Å². The molecule has 0 aliphatic heterocycles. The van der Waals surface area contributed by atoms with E-state index in [1.165, 1.54) is 12.3 Å². The number of aryl methyl sites for hydroxylation is 1. The fourth-order valence-electron chi connectivity index (χ4n) is 2.66. The summed E-state index contributed by atoms with van der Waals surface area (Å²) in [5.41, 5.74) is 1.68. The maximum absolute atomic E-state index is 13.4. The third kappa shape index (κ3) is 5.44. The van der Waals surface area contributed by atoms with Crippen molar-refractivity contribution in [3.63, 3.8) is 0 Å². The van der Waals surface area contributed by atoms with Crippen molar-refractivity contribution in [1.29, 1.82) is 0 Å². The van der Waals surface area contributed by atoms with E-state index >= 15 is 0 Å². The molecule has 0 fully saturated rings. The van der Waals surface area contributed by atoms with E-state index in [4.69, 9.17) is 4.74 Å². The summed E-state index contributed by atoms with van der Waals surface area (Å²) >= 11 is 0. The Labute approximate surface area is 146 Å². The summed E-state index contributed by atoms with van der Waals surface area (Å²) in [5, 5.41) is 0. The number of nitrogens with zero attached hydrogens (tertiary/aromatic N) is 2. The van der Waals surface area contributed by atoms with Gasteiger partial charge in [-0.1, -0.05) is 13.8 Å². The molecule has 2 aromatic heterocycles. The second-order valence-electron chi connectivity index (χ2n) is 6.55. The van der Waals surface area contributed by atoms with Gasteiger partial charge in [-0.25, -0.2) is 8.78 Å². The Kier molecular flexibility index (Phi) is 6.79. The van der Waals surface area contributed by atoms with Crippen LogP contribution in [0.25, 0.3) is 11.3 Å². The predicted octanol–water partition coefficient (Wildman–Crippen LogP) is 5.40. The standard InChI is InChI=1S/C19H23F3N2O/c1-12(2)6-14(9-20)11-25-18-10-24-17(8-16(18)19(21)22)15-4-5-23-13(3)7-15/h4-5,7-8,10,12,14,19H,6,9,11H2,1-3H3. The molecule has 1 atom stereocenters. The molecule has 2 aromatic rings. The lowest BCUT2D eigenvalue weighted by molar-refractivity contribution is 0.139. The van der Waals surface area contributed by atoms with E-state index in [1.807, 2.05) is 20.8 Å². The molecular weight excluding hydrogens is 329 g/mol. The molecule has 0 amide bonds. The summed E-state index contributed by atoms with van der Waals surface area (Å²) in [6.45, 7) is 5.31. The minimum atomic E-state index is -2.70. The minimum Gasteiger partial charge on any atom is -0.491 e. The summed E-state index contributed by atoms with van der Waals surface area (Å²) in [6.07, 6.45) is 0.837. The number of rotatable bonds is 8. The topological polar surface area (TPSA) is 35.0 Å². The fourth-order valence-corrected chi connectivity index (χ4v) is 2.66. The van der Waals surface area contributed by atoms with Crippen molar-refractivity contribution in [2.45, 2.75) is 33.6 Å². The van der Waals surface area contributed by atoms with Gasteiger partial charge < -0.3 is 4.74 Å². The van der Waals surface area contributed by atoms with Crippen molar-refractivity contribution in [1.82, 2.24) is 9.97 Å². The zero-order valence-electron chi connectivity index (χ0n) is 14.7. The molecule has 2 rings (SSSR count). The Bertz CT molecular complexity index is 692. The van der Waals surface area contributed by atoms with Gasteiger partial charge in [0.25, 0.3) is 6.43 Å². The summed E-state index contributed by atoms with van der Waals surface area (Å²) in [6, 6.07) is 4.81. The van der Waals surface area contributed by atoms with E-state index in [9.17, 15) is 13.2 Å². The van der Waals surface area contributed by atoms with Crippen LogP contribution < -0.4 is 4.74 Å². The first kappa shape index (κ1) is 19.2. The van der Waals surface area contributed by atoms with Gasteiger partial charge in [-0.05, 0) is 37.5 Å². The lowest BCUT2D eigenvalue weighted by Gasteiger charge is -2.18. The van der Waals surface area contributed by atoms with Crippen LogP contribution in [-0.4, -0.2) is 23.2 Å². The Morgan fingerprint density at radius 3 is 2.52 bits per heavy atom. The van der Waals surface area contributed by atoms with Gasteiger partial charge in [0.1, 0.15) is 5.75 Å². The molecule has 1 unspecified atom stereocenters. The van der Waals surface area contributed by atoms with Crippen LogP contribution in [0.2, 0.25) is 0 Å². The first-order valence-corrected chi connectivity index (χ1v) is 8.30. The summed E-state index contributed by atoms with van der Waals surface area (Å²) in [5.74, 6) is 0.00845. The molecule has 0 radical (unpaired) electrons. The molecule has 6 heteroatoms. The Morgan fingerprint density at radius 2 is 1.92 bits per heavy atom. The van der Waals surface area contributed by atoms with Gasteiger partial charge in [-0.15, -0.1) is 0 Å². The SMILES string of the molecule is Cc1cc(-c2cc(C(F)F)c(OCC(CF)CC(C)C)cn2)ccn1. The van der Waals surface area contributed by atoms with Crippen LogP contribution in [0.15, 0.2) is 30.6 Å². The smallest absolute Gasteiger partial charge is 0.267 e. The van der Waals surface area contributed by atoms with Crippen LogP contribution in [0.5, 0.6) is 5.75 Å². The van der Waals surface area contributed by atoms with Crippen molar-refractivity contribution >= 4 is 0 Å². The van der Waals surface area contributed by atoms with E-state index in [0.717, 1.165) is 5.69 Å². The monoisotopic (exact) mass is 352 g/mol. The molecule has 0 aliphatic carbocycles. The molecule has 3 nitrogen and oxygen atoms in total.